The van der Waals surface area contributed by atoms with Gasteiger partial charge in [-0.2, -0.15) is 0 Å². The lowest BCUT2D eigenvalue weighted by atomic mass is 10.1. The number of hydrogen-bond donors (Lipinski definition) is 2. The minimum absolute atomic E-state index is 0.0729. The van der Waals surface area contributed by atoms with Gasteiger partial charge >= 0.3 is 0 Å². The van der Waals surface area contributed by atoms with Gasteiger partial charge in [0.05, 0.1) is 6.04 Å². The molecule has 0 amide bonds. The first kappa shape index (κ1) is 13.3. The van der Waals surface area contributed by atoms with Crippen molar-refractivity contribution < 1.29 is 4.42 Å². The van der Waals surface area contributed by atoms with E-state index >= 15 is 0 Å². The maximum Gasteiger partial charge on any atom is 0.169 e. The Morgan fingerprint density at radius 1 is 1.39 bits per heavy atom. The van der Waals surface area contributed by atoms with E-state index in [-0.39, 0.29) is 6.04 Å². The molecule has 0 saturated carbocycles. The number of aryl methyl sites for hydroxylation is 1. The zero-order chi connectivity index (χ0) is 13.0. The van der Waals surface area contributed by atoms with Crippen LogP contribution >= 0.6 is 15.9 Å². The van der Waals surface area contributed by atoms with Crippen molar-refractivity contribution in [3.8, 4) is 0 Å². The van der Waals surface area contributed by atoms with Gasteiger partial charge in [-0.1, -0.05) is 13.0 Å². The smallest absolute Gasteiger partial charge is 0.169 e. The molecule has 0 aliphatic heterocycles. The Balaban J connectivity index is 2.10. The first-order chi connectivity index (χ1) is 8.72. The van der Waals surface area contributed by atoms with E-state index in [4.69, 9.17) is 10.3 Å². The number of pyridine rings is 1. The van der Waals surface area contributed by atoms with E-state index in [2.05, 4.69) is 39.3 Å². The first-order valence-corrected chi connectivity index (χ1v) is 6.67. The summed E-state index contributed by atoms with van der Waals surface area (Å²) in [6.07, 6.45) is 3.60. The van der Waals surface area contributed by atoms with E-state index in [1.807, 2.05) is 24.4 Å². The minimum atomic E-state index is -0.0729. The molecule has 2 aromatic rings. The molecule has 2 aromatic heterocycles. The van der Waals surface area contributed by atoms with Gasteiger partial charge in [-0.15, -0.1) is 0 Å². The van der Waals surface area contributed by atoms with Gasteiger partial charge in [0.2, 0.25) is 0 Å². The van der Waals surface area contributed by atoms with Crippen LogP contribution in [0.15, 0.2) is 39.5 Å². The molecular weight excluding hydrogens is 294 g/mol. The second-order valence-electron chi connectivity index (χ2n) is 4.08. The average Bonchev–Trinajstić information content (AvgIpc) is 2.83. The molecule has 96 valence electrons. The monoisotopic (exact) mass is 309 g/mol. The third-order valence-electron chi connectivity index (χ3n) is 2.85. The van der Waals surface area contributed by atoms with Crippen LogP contribution < -0.4 is 11.3 Å². The molecule has 0 radical (unpaired) electrons. The van der Waals surface area contributed by atoms with Gasteiger partial charge in [-0.3, -0.25) is 10.8 Å². The zero-order valence-corrected chi connectivity index (χ0v) is 11.8. The van der Waals surface area contributed by atoms with Gasteiger partial charge in [0.25, 0.3) is 0 Å². The lowest BCUT2D eigenvalue weighted by Crippen LogP contribution is -2.29. The molecule has 4 nitrogen and oxygen atoms in total. The lowest BCUT2D eigenvalue weighted by molar-refractivity contribution is 0.403. The van der Waals surface area contributed by atoms with E-state index in [0.717, 1.165) is 17.9 Å². The normalized spacial score (nSPS) is 12.6. The van der Waals surface area contributed by atoms with Gasteiger partial charge in [-0.25, -0.2) is 5.43 Å². The van der Waals surface area contributed by atoms with E-state index in [1.54, 1.807) is 0 Å². The summed E-state index contributed by atoms with van der Waals surface area (Å²) in [5, 5.41) is 0. The van der Waals surface area contributed by atoms with E-state index in [1.165, 1.54) is 5.56 Å². The van der Waals surface area contributed by atoms with Crippen molar-refractivity contribution in [1.82, 2.24) is 10.4 Å². The SMILES string of the molecule is CCc1ccc(CC(NN)c2ccc(Br)o2)nc1. The van der Waals surface area contributed by atoms with Gasteiger partial charge < -0.3 is 4.42 Å². The van der Waals surface area contributed by atoms with Crippen molar-refractivity contribution >= 4 is 15.9 Å². The summed E-state index contributed by atoms with van der Waals surface area (Å²) < 4.78 is 6.20. The number of hydrogen-bond acceptors (Lipinski definition) is 4. The molecule has 0 aromatic carbocycles. The molecule has 5 heteroatoms. The van der Waals surface area contributed by atoms with Crippen LogP contribution in [0, 0.1) is 0 Å². The topological polar surface area (TPSA) is 64.1 Å². The molecule has 2 rings (SSSR count). The number of rotatable bonds is 5. The summed E-state index contributed by atoms with van der Waals surface area (Å²) in [6.45, 7) is 2.11. The largest absolute Gasteiger partial charge is 0.453 e. The van der Waals surface area contributed by atoms with Crippen LogP contribution in [0.4, 0.5) is 0 Å². The predicted octanol–water partition coefficient (Wildman–Crippen LogP) is 2.75. The maximum atomic E-state index is 5.56. The fourth-order valence-corrected chi connectivity index (χ4v) is 2.07. The standard InChI is InChI=1S/C13H16BrN3O/c1-2-9-3-4-10(16-8-9)7-11(17-15)12-5-6-13(14)18-12/h3-6,8,11,17H,2,7,15H2,1H3. The molecule has 0 aliphatic carbocycles. The second kappa shape index (κ2) is 6.13. The quantitative estimate of drug-likeness (QED) is 0.658. The van der Waals surface area contributed by atoms with E-state index in [9.17, 15) is 0 Å². The number of aromatic nitrogens is 1. The summed E-state index contributed by atoms with van der Waals surface area (Å²) in [6, 6.07) is 7.80. The summed E-state index contributed by atoms with van der Waals surface area (Å²) >= 11 is 3.28. The Hall–Kier alpha value is -1.17. The third-order valence-corrected chi connectivity index (χ3v) is 3.27. The van der Waals surface area contributed by atoms with Crippen LogP contribution in [0.1, 0.15) is 30.0 Å². The lowest BCUT2D eigenvalue weighted by Gasteiger charge is -2.12. The zero-order valence-electron chi connectivity index (χ0n) is 10.2. The van der Waals surface area contributed by atoms with Gasteiger partial charge in [0.15, 0.2) is 4.67 Å². The van der Waals surface area contributed by atoms with E-state index in [0.29, 0.717) is 11.1 Å². The molecule has 3 N–H and O–H groups in total. The first-order valence-electron chi connectivity index (χ1n) is 5.88. The predicted molar refractivity (Wildman–Crippen MR) is 73.8 cm³/mol. The Bertz CT molecular complexity index is 495. The second-order valence-corrected chi connectivity index (χ2v) is 4.86. The van der Waals surface area contributed by atoms with Crippen molar-refractivity contribution in [2.75, 3.05) is 0 Å². The van der Waals surface area contributed by atoms with Crippen LogP contribution in [-0.2, 0) is 12.8 Å². The number of halogens is 1. The highest BCUT2D eigenvalue weighted by Gasteiger charge is 2.15. The molecule has 1 atom stereocenters. The maximum absolute atomic E-state index is 5.56. The number of nitrogens with zero attached hydrogens (tertiary/aromatic N) is 1. The van der Waals surface area contributed by atoms with Crippen molar-refractivity contribution in [2.45, 2.75) is 25.8 Å². The highest BCUT2D eigenvalue weighted by Crippen LogP contribution is 2.22. The van der Waals surface area contributed by atoms with Gasteiger partial charge in [0, 0.05) is 18.3 Å². The van der Waals surface area contributed by atoms with Crippen molar-refractivity contribution in [2.24, 2.45) is 5.84 Å². The highest BCUT2D eigenvalue weighted by molar-refractivity contribution is 9.10. The molecule has 0 aliphatic rings. The summed E-state index contributed by atoms with van der Waals surface area (Å²) in [5.74, 6) is 6.36. The number of nitrogens with two attached hydrogens (primary N) is 1. The number of nitrogens with one attached hydrogen (secondary N) is 1. The molecule has 2 heterocycles. The van der Waals surface area contributed by atoms with Crippen LogP contribution in [0.2, 0.25) is 0 Å². The van der Waals surface area contributed by atoms with Crippen LogP contribution in [-0.4, -0.2) is 4.98 Å². The summed E-state index contributed by atoms with van der Waals surface area (Å²) in [5.41, 5.74) is 4.98. The van der Waals surface area contributed by atoms with Crippen LogP contribution in [0.5, 0.6) is 0 Å². The fraction of sp³-hybridized carbons (Fsp3) is 0.308. The Morgan fingerprint density at radius 3 is 2.72 bits per heavy atom. The Morgan fingerprint density at radius 2 is 2.22 bits per heavy atom. The Kier molecular flexibility index (Phi) is 4.52. The Labute approximate surface area is 115 Å². The fourth-order valence-electron chi connectivity index (χ4n) is 1.75. The van der Waals surface area contributed by atoms with E-state index < -0.39 is 0 Å². The molecule has 0 fully saturated rings. The molecule has 0 spiro atoms. The molecule has 0 bridgehead atoms. The van der Waals surface area contributed by atoms with Gasteiger partial charge in [0.1, 0.15) is 5.76 Å². The molecule has 0 saturated heterocycles. The average molecular weight is 310 g/mol. The molecular formula is C13H16BrN3O. The van der Waals surface area contributed by atoms with Gasteiger partial charge in [-0.05, 0) is 46.1 Å². The van der Waals surface area contributed by atoms with Crippen molar-refractivity contribution in [3.05, 3.63) is 52.1 Å². The summed E-state index contributed by atoms with van der Waals surface area (Å²) in [4.78, 5) is 4.42. The van der Waals surface area contributed by atoms with Crippen LogP contribution in [0.25, 0.3) is 0 Å². The third kappa shape index (κ3) is 3.19. The minimum Gasteiger partial charge on any atom is -0.453 e. The van der Waals surface area contributed by atoms with Crippen LogP contribution in [0.3, 0.4) is 0 Å². The van der Waals surface area contributed by atoms with Crippen molar-refractivity contribution in [1.29, 1.82) is 0 Å². The summed E-state index contributed by atoms with van der Waals surface area (Å²) in [7, 11) is 0. The number of hydrazine groups is 1. The molecule has 1 unspecified atom stereocenters. The highest BCUT2D eigenvalue weighted by atomic mass is 79.9. The molecule has 18 heavy (non-hydrogen) atoms. The number of furan rings is 1. The van der Waals surface area contributed by atoms with Crippen molar-refractivity contribution in [3.63, 3.8) is 0 Å².